The van der Waals surface area contributed by atoms with Crippen LogP contribution in [0.1, 0.15) is 26.3 Å². The van der Waals surface area contributed by atoms with Crippen molar-refractivity contribution in [1.29, 1.82) is 0 Å². The van der Waals surface area contributed by atoms with Crippen molar-refractivity contribution in [3.05, 3.63) is 83.4 Å². The summed E-state index contributed by atoms with van der Waals surface area (Å²) in [6.45, 7) is 0. The molecule has 3 aromatic carbocycles. The predicted molar refractivity (Wildman–Crippen MR) is 103 cm³/mol. The summed E-state index contributed by atoms with van der Waals surface area (Å²) in [7, 11) is 0. The quantitative estimate of drug-likeness (QED) is 0.373. The van der Waals surface area contributed by atoms with Gasteiger partial charge in [-0.3, -0.25) is 0 Å². The van der Waals surface area contributed by atoms with E-state index in [1.54, 1.807) is 6.07 Å². The van der Waals surface area contributed by atoms with Gasteiger partial charge < -0.3 is 20.9 Å². The number of hydrogen-bond donors (Lipinski definition) is 2. The highest BCUT2D eigenvalue weighted by Gasteiger charge is 2.37. The van der Waals surface area contributed by atoms with Crippen LogP contribution < -0.4 is 20.9 Å². The minimum Gasteiger partial charge on any atom is -0.423 e. The Kier molecular flexibility index (Phi) is 5.63. The molecule has 0 saturated heterocycles. The summed E-state index contributed by atoms with van der Waals surface area (Å²) in [4.78, 5) is 24.6. The van der Waals surface area contributed by atoms with E-state index in [4.69, 9.17) is 20.9 Å². The standard InChI is InChI=1S/C21H15F3N2O4/c22-21(23,24)18-9-12(19(27)29-15-5-1-3-13(25)10-15)7-8-17(18)20(28)30-16-6-2-4-14(26)11-16/h1-11H,25-26H2. The highest BCUT2D eigenvalue weighted by Crippen LogP contribution is 2.34. The molecule has 0 atom stereocenters. The van der Waals surface area contributed by atoms with E-state index >= 15 is 0 Å². The molecule has 6 nitrogen and oxygen atoms in total. The highest BCUT2D eigenvalue weighted by molar-refractivity contribution is 5.96. The van der Waals surface area contributed by atoms with Crippen molar-refractivity contribution in [2.24, 2.45) is 0 Å². The van der Waals surface area contributed by atoms with Crippen LogP contribution in [-0.2, 0) is 6.18 Å². The zero-order valence-electron chi connectivity index (χ0n) is 15.3. The monoisotopic (exact) mass is 416 g/mol. The summed E-state index contributed by atoms with van der Waals surface area (Å²) in [5, 5.41) is 0. The molecule has 0 unspecified atom stereocenters. The third-order valence-corrected chi connectivity index (χ3v) is 3.92. The average molecular weight is 416 g/mol. The van der Waals surface area contributed by atoms with Gasteiger partial charge in [0, 0.05) is 23.5 Å². The second kappa shape index (κ2) is 8.16. The Morgan fingerprint density at radius 1 is 0.733 bits per heavy atom. The van der Waals surface area contributed by atoms with E-state index in [1.807, 2.05) is 0 Å². The number of carbonyl (C=O) groups is 2. The fourth-order valence-corrected chi connectivity index (χ4v) is 2.57. The van der Waals surface area contributed by atoms with Crippen LogP contribution in [0.25, 0.3) is 0 Å². The molecule has 0 radical (unpaired) electrons. The number of ether oxygens (including phenoxy) is 2. The van der Waals surface area contributed by atoms with Crippen molar-refractivity contribution < 1.29 is 32.2 Å². The lowest BCUT2D eigenvalue weighted by Gasteiger charge is -2.14. The number of hydrogen-bond acceptors (Lipinski definition) is 6. The third-order valence-electron chi connectivity index (χ3n) is 3.92. The molecule has 30 heavy (non-hydrogen) atoms. The van der Waals surface area contributed by atoms with Crippen LogP contribution in [0.3, 0.4) is 0 Å². The summed E-state index contributed by atoms with van der Waals surface area (Å²) in [6, 6.07) is 14.0. The van der Waals surface area contributed by atoms with Gasteiger partial charge in [0.15, 0.2) is 0 Å². The number of benzene rings is 3. The van der Waals surface area contributed by atoms with Crippen molar-refractivity contribution in [2.45, 2.75) is 6.18 Å². The van der Waals surface area contributed by atoms with Crippen LogP contribution in [0, 0.1) is 0 Å². The molecule has 0 aliphatic rings. The molecule has 0 amide bonds. The lowest BCUT2D eigenvalue weighted by Crippen LogP contribution is -2.19. The Morgan fingerprint density at radius 3 is 1.77 bits per heavy atom. The van der Waals surface area contributed by atoms with Crippen LogP contribution in [0.4, 0.5) is 24.5 Å². The van der Waals surface area contributed by atoms with Crippen LogP contribution in [-0.4, -0.2) is 11.9 Å². The summed E-state index contributed by atoms with van der Waals surface area (Å²) >= 11 is 0. The lowest BCUT2D eigenvalue weighted by atomic mass is 10.0. The van der Waals surface area contributed by atoms with Gasteiger partial charge in [-0.05, 0) is 42.5 Å². The van der Waals surface area contributed by atoms with Gasteiger partial charge >= 0.3 is 18.1 Å². The largest absolute Gasteiger partial charge is 0.423 e. The van der Waals surface area contributed by atoms with Crippen LogP contribution >= 0.6 is 0 Å². The molecule has 0 saturated carbocycles. The van der Waals surface area contributed by atoms with Gasteiger partial charge in [-0.2, -0.15) is 13.2 Å². The molecule has 154 valence electrons. The molecule has 0 spiro atoms. The molecule has 0 heterocycles. The number of anilines is 2. The number of nitrogen functional groups attached to an aromatic ring is 2. The zero-order valence-corrected chi connectivity index (χ0v) is 15.3. The van der Waals surface area contributed by atoms with E-state index in [9.17, 15) is 22.8 Å². The van der Waals surface area contributed by atoms with Crippen molar-refractivity contribution in [2.75, 3.05) is 11.5 Å². The Bertz CT molecular complexity index is 1110. The van der Waals surface area contributed by atoms with Gasteiger partial charge in [-0.15, -0.1) is 0 Å². The topological polar surface area (TPSA) is 105 Å². The molecule has 9 heteroatoms. The Morgan fingerprint density at radius 2 is 1.27 bits per heavy atom. The first-order valence-electron chi connectivity index (χ1n) is 8.50. The minimum absolute atomic E-state index is 0.0155. The first-order valence-corrected chi connectivity index (χ1v) is 8.50. The van der Waals surface area contributed by atoms with E-state index in [0.717, 1.165) is 12.1 Å². The zero-order chi connectivity index (χ0) is 21.9. The van der Waals surface area contributed by atoms with Crippen molar-refractivity contribution in [3.63, 3.8) is 0 Å². The van der Waals surface area contributed by atoms with Crippen molar-refractivity contribution >= 4 is 23.3 Å². The highest BCUT2D eigenvalue weighted by atomic mass is 19.4. The maximum absolute atomic E-state index is 13.5. The van der Waals surface area contributed by atoms with Gasteiger partial charge in [0.25, 0.3) is 0 Å². The van der Waals surface area contributed by atoms with Gasteiger partial charge in [0.2, 0.25) is 0 Å². The fraction of sp³-hybridized carbons (Fsp3) is 0.0476. The second-order valence-electron chi connectivity index (χ2n) is 6.18. The Labute approximate surface area is 168 Å². The van der Waals surface area contributed by atoms with Gasteiger partial charge in [-0.25, -0.2) is 9.59 Å². The summed E-state index contributed by atoms with van der Waals surface area (Å²) in [5.41, 5.74) is 9.25. The molecule has 4 N–H and O–H groups in total. The smallest absolute Gasteiger partial charge is 0.417 e. The Hall–Kier alpha value is -4.01. The number of rotatable bonds is 4. The molecule has 0 aliphatic heterocycles. The molecular weight excluding hydrogens is 401 g/mol. The molecule has 0 aromatic heterocycles. The van der Waals surface area contributed by atoms with Crippen molar-refractivity contribution in [1.82, 2.24) is 0 Å². The number of nitrogens with two attached hydrogens (primary N) is 2. The van der Waals surface area contributed by atoms with E-state index < -0.39 is 34.8 Å². The van der Waals surface area contributed by atoms with E-state index in [-0.39, 0.29) is 17.2 Å². The molecule has 3 rings (SSSR count). The predicted octanol–water partition coefficient (Wildman–Crippen LogP) is 4.31. The SMILES string of the molecule is Nc1cccc(OC(=O)c2ccc(C(=O)Oc3cccc(N)c3)c(C(F)(F)F)c2)c1. The van der Waals surface area contributed by atoms with Crippen LogP contribution in [0.2, 0.25) is 0 Å². The molecule has 3 aromatic rings. The third kappa shape index (κ3) is 4.88. The number of halogens is 3. The minimum atomic E-state index is -4.92. The van der Waals surface area contributed by atoms with E-state index in [2.05, 4.69) is 0 Å². The maximum atomic E-state index is 13.5. The summed E-state index contributed by atoms with van der Waals surface area (Å²) < 4.78 is 50.6. The van der Waals surface area contributed by atoms with Crippen LogP contribution in [0.5, 0.6) is 11.5 Å². The fourth-order valence-electron chi connectivity index (χ4n) is 2.57. The summed E-state index contributed by atoms with van der Waals surface area (Å²) in [6.07, 6.45) is -4.92. The van der Waals surface area contributed by atoms with Crippen LogP contribution in [0.15, 0.2) is 66.7 Å². The number of esters is 2. The normalized spacial score (nSPS) is 11.0. The second-order valence-corrected chi connectivity index (χ2v) is 6.18. The molecule has 0 aliphatic carbocycles. The molecule has 0 bridgehead atoms. The van der Waals surface area contributed by atoms with Gasteiger partial charge in [-0.1, -0.05) is 12.1 Å². The Balaban J connectivity index is 1.90. The van der Waals surface area contributed by atoms with Gasteiger partial charge in [0.05, 0.1) is 16.7 Å². The maximum Gasteiger partial charge on any atom is 0.417 e. The first-order chi connectivity index (χ1) is 14.1. The van der Waals surface area contributed by atoms with E-state index in [0.29, 0.717) is 11.8 Å². The summed E-state index contributed by atoms with van der Waals surface area (Å²) in [5.74, 6) is -2.23. The number of alkyl halides is 3. The molecule has 0 fully saturated rings. The average Bonchev–Trinajstić information content (AvgIpc) is 2.67. The van der Waals surface area contributed by atoms with E-state index in [1.165, 1.54) is 42.5 Å². The van der Waals surface area contributed by atoms with Crippen molar-refractivity contribution in [3.8, 4) is 11.5 Å². The van der Waals surface area contributed by atoms with Gasteiger partial charge in [0.1, 0.15) is 11.5 Å². The molecular formula is C21H15F3N2O4. The first kappa shape index (κ1) is 20.7. The number of carbonyl (C=O) groups excluding carboxylic acids is 2. The lowest BCUT2D eigenvalue weighted by molar-refractivity contribution is -0.138.